The first-order valence-electron chi connectivity index (χ1n) is 8.16. The number of nitrogens with one attached hydrogen (secondary N) is 1. The number of hydrogen-bond donors (Lipinski definition) is 1. The molecule has 0 bridgehead atoms. The molecule has 0 spiro atoms. The Morgan fingerprint density at radius 3 is 2.62 bits per heavy atom. The summed E-state index contributed by atoms with van der Waals surface area (Å²) < 4.78 is 12.3. The maximum Gasteiger partial charge on any atom is 0.128 e. The van der Waals surface area contributed by atoms with Gasteiger partial charge in [-0.05, 0) is 56.5 Å². The standard InChI is InChI=1S/C18H29NO2/c1-6-8-20-18-15(19-7-2)11-17(18)21-16-10-12(3)9-13(4)14(16)5/h9-10,15,17-19H,6-8,11H2,1-5H3. The Balaban J connectivity index is 2.05. The topological polar surface area (TPSA) is 30.5 Å². The third-order valence-corrected chi connectivity index (χ3v) is 4.27. The molecular weight excluding hydrogens is 262 g/mol. The Hall–Kier alpha value is -1.06. The second-order valence-corrected chi connectivity index (χ2v) is 6.10. The van der Waals surface area contributed by atoms with Crippen molar-refractivity contribution in [3.63, 3.8) is 0 Å². The molecule has 3 unspecified atom stereocenters. The predicted octanol–water partition coefficient (Wildman–Crippen LogP) is 3.54. The van der Waals surface area contributed by atoms with Crippen LogP contribution in [0.4, 0.5) is 0 Å². The van der Waals surface area contributed by atoms with Crippen molar-refractivity contribution in [2.45, 2.75) is 65.7 Å². The van der Waals surface area contributed by atoms with Crippen molar-refractivity contribution >= 4 is 0 Å². The third-order valence-electron chi connectivity index (χ3n) is 4.27. The number of hydrogen-bond acceptors (Lipinski definition) is 3. The molecule has 1 aromatic rings. The van der Waals surface area contributed by atoms with E-state index >= 15 is 0 Å². The minimum atomic E-state index is 0.167. The van der Waals surface area contributed by atoms with Crippen LogP contribution in [0.25, 0.3) is 0 Å². The highest BCUT2D eigenvalue weighted by molar-refractivity contribution is 5.42. The Kier molecular flexibility index (Phi) is 5.65. The van der Waals surface area contributed by atoms with E-state index in [1.807, 2.05) is 0 Å². The van der Waals surface area contributed by atoms with Crippen molar-refractivity contribution in [2.24, 2.45) is 0 Å². The number of rotatable bonds is 7. The molecule has 0 radical (unpaired) electrons. The lowest BCUT2D eigenvalue weighted by atomic mass is 9.85. The van der Waals surface area contributed by atoms with Gasteiger partial charge >= 0.3 is 0 Å². The number of ether oxygens (including phenoxy) is 2. The van der Waals surface area contributed by atoms with Gasteiger partial charge in [0.05, 0.1) is 0 Å². The highest BCUT2D eigenvalue weighted by Crippen LogP contribution is 2.32. The molecule has 1 aliphatic rings. The van der Waals surface area contributed by atoms with Gasteiger partial charge in [0, 0.05) is 19.1 Å². The highest BCUT2D eigenvalue weighted by atomic mass is 16.5. The molecule has 1 N–H and O–H groups in total. The zero-order chi connectivity index (χ0) is 15.4. The second kappa shape index (κ2) is 7.28. The lowest BCUT2D eigenvalue weighted by Gasteiger charge is -2.44. The van der Waals surface area contributed by atoms with Crippen LogP contribution in [0.3, 0.4) is 0 Å². The summed E-state index contributed by atoms with van der Waals surface area (Å²) in [7, 11) is 0. The second-order valence-electron chi connectivity index (χ2n) is 6.10. The normalized spacial score (nSPS) is 24.7. The van der Waals surface area contributed by atoms with Crippen LogP contribution in [0.2, 0.25) is 0 Å². The summed E-state index contributed by atoms with van der Waals surface area (Å²) in [5.41, 5.74) is 3.78. The van der Waals surface area contributed by atoms with E-state index < -0.39 is 0 Å². The minimum absolute atomic E-state index is 0.167. The first-order valence-corrected chi connectivity index (χ1v) is 8.16. The average Bonchev–Trinajstić information content (AvgIpc) is 2.43. The van der Waals surface area contributed by atoms with Gasteiger partial charge in [0.15, 0.2) is 0 Å². The van der Waals surface area contributed by atoms with Crippen LogP contribution in [0, 0.1) is 20.8 Å². The van der Waals surface area contributed by atoms with Gasteiger partial charge in [-0.15, -0.1) is 0 Å². The predicted molar refractivity (Wildman–Crippen MR) is 87.2 cm³/mol. The van der Waals surface area contributed by atoms with Crippen LogP contribution in [0.15, 0.2) is 12.1 Å². The maximum absolute atomic E-state index is 6.26. The Morgan fingerprint density at radius 2 is 1.95 bits per heavy atom. The molecular formula is C18H29NO2. The summed E-state index contributed by atoms with van der Waals surface area (Å²) in [6.07, 6.45) is 2.41. The lowest BCUT2D eigenvalue weighted by molar-refractivity contribution is -0.107. The molecule has 0 heterocycles. The van der Waals surface area contributed by atoms with E-state index in [1.54, 1.807) is 0 Å². The minimum Gasteiger partial charge on any atom is -0.487 e. The number of aryl methyl sites for hydroxylation is 2. The van der Waals surface area contributed by atoms with E-state index in [0.29, 0.717) is 6.04 Å². The van der Waals surface area contributed by atoms with Crippen LogP contribution in [0.1, 0.15) is 43.4 Å². The summed E-state index contributed by atoms with van der Waals surface area (Å²) in [4.78, 5) is 0. The average molecular weight is 291 g/mol. The fourth-order valence-corrected chi connectivity index (χ4v) is 2.92. The number of benzene rings is 1. The molecule has 1 aromatic carbocycles. The van der Waals surface area contributed by atoms with Crippen molar-refractivity contribution in [3.8, 4) is 5.75 Å². The fourth-order valence-electron chi connectivity index (χ4n) is 2.92. The monoisotopic (exact) mass is 291 g/mol. The van der Waals surface area contributed by atoms with Crippen molar-refractivity contribution < 1.29 is 9.47 Å². The molecule has 3 atom stereocenters. The van der Waals surface area contributed by atoms with E-state index in [-0.39, 0.29) is 12.2 Å². The van der Waals surface area contributed by atoms with Gasteiger partial charge in [0.1, 0.15) is 18.0 Å². The molecule has 21 heavy (non-hydrogen) atoms. The molecule has 118 valence electrons. The van der Waals surface area contributed by atoms with Gasteiger partial charge in [-0.1, -0.05) is 19.9 Å². The zero-order valence-corrected chi connectivity index (χ0v) is 14.0. The van der Waals surface area contributed by atoms with Crippen molar-refractivity contribution in [1.82, 2.24) is 5.32 Å². The molecule has 1 saturated carbocycles. The zero-order valence-electron chi connectivity index (χ0n) is 14.0. The van der Waals surface area contributed by atoms with Gasteiger partial charge in [0.2, 0.25) is 0 Å². The van der Waals surface area contributed by atoms with Crippen molar-refractivity contribution in [1.29, 1.82) is 0 Å². The molecule has 3 heteroatoms. The summed E-state index contributed by atoms with van der Waals surface area (Å²) in [5.74, 6) is 1.01. The van der Waals surface area contributed by atoms with Gasteiger partial charge in [0.25, 0.3) is 0 Å². The fraction of sp³-hybridized carbons (Fsp3) is 0.667. The Morgan fingerprint density at radius 1 is 1.19 bits per heavy atom. The quantitative estimate of drug-likeness (QED) is 0.833. The highest BCUT2D eigenvalue weighted by Gasteiger charge is 2.43. The van der Waals surface area contributed by atoms with Crippen LogP contribution < -0.4 is 10.1 Å². The third kappa shape index (κ3) is 3.78. The van der Waals surface area contributed by atoms with E-state index in [4.69, 9.17) is 9.47 Å². The lowest BCUT2D eigenvalue weighted by Crippen LogP contribution is -2.61. The SMILES string of the molecule is CCCOC1C(NCC)CC1Oc1cc(C)cc(C)c1C. The maximum atomic E-state index is 6.26. The van der Waals surface area contributed by atoms with E-state index in [2.05, 4.69) is 52.1 Å². The van der Waals surface area contributed by atoms with E-state index in [9.17, 15) is 0 Å². The Bertz CT molecular complexity index is 473. The molecule has 2 rings (SSSR count). The summed E-state index contributed by atoms with van der Waals surface area (Å²) >= 11 is 0. The molecule has 0 aliphatic heterocycles. The van der Waals surface area contributed by atoms with E-state index in [0.717, 1.165) is 31.7 Å². The van der Waals surface area contributed by atoms with Crippen LogP contribution in [-0.4, -0.2) is 31.4 Å². The van der Waals surface area contributed by atoms with Crippen LogP contribution in [0.5, 0.6) is 5.75 Å². The number of likely N-dealkylation sites (N-methyl/N-ethyl adjacent to an activating group) is 1. The van der Waals surface area contributed by atoms with Gasteiger partial charge in [-0.3, -0.25) is 0 Å². The van der Waals surface area contributed by atoms with Crippen LogP contribution in [-0.2, 0) is 4.74 Å². The van der Waals surface area contributed by atoms with Crippen molar-refractivity contribution in [3.05, 3.63) is 28.8 Å². The molecule has 0 saturated heterocycles. The molecule has 3 nitrogen and oxygen atoms in total. The van der Waals surface area contributed by atoms with Crippen molar-refractivity contribution in [2.75, 3.05) is 13.2 Å². The summed E-state index contributed by atoms with van der Waals surface area (Å²) in [6.45, 7) is 12.5. The summed E-state index contributed by atoms with van der Waals surface area (Å²) in [5, 5.41) is 3.49. The Labute approximate surface area is 129 Å². The molecule has 1 aliphatic carbocycles. The smallest absolute Gasteiger partial charge is 0.128 e. The largest absolute Gasteiger partial charge is 0.487 e. The summed E-state index contributed by atoms with van der Waals surface area (Å²) in [6, 6.07) is 4.77. The van der Waals surface area contributed by atoms with Crippen LogP contribution >= 0.6 is 0 Å². The molecule has 0 aromatic heterocycles. The molecule has 1 fully saturated rings. The van der Waals surface area contributed by atoms with Gasteiger partial charge < -0.3 is 14.8 Å². The first-order chi connectivity index (χ1) is 10.1. The first kappa shape index (κ1) is 16.3. The van der Waals surface area contributed by atoms with E-state index in [1.165, 1.54) is 16.7 Å². The van der Waals surface area contributed by atoms with Gasteiger partial charge in [-0.2, -0.15) is 0 Å². The molecule has 0 amide bonds. The van der Waals surface area contributed by atoms with Gasteiger partial charge in [-0.25, -0.2) is 0 Å².